The van der Waals surface area contributed by atoms with E-state index in [1.165, 1.54) is 13.8 Å². The number of pyridine rings is 1. The van der Waals surface area contributed by atoms with Crippen LogP contribution in [0.4, 0.5) is 54.5 Å². The van der Waals surface area contributed by atoms with Crippen LogP contribution in [0, 0.1) is 29.4 Å². The molecule has 1 unspecified atom stereocenters. The summed E-state index contributed by atoms with van der Waals surface area (Å²) < 4.78 is 208. The molecule has 0 radical (unpaired) electrons. The zero-order valence-electron chi connectivity index (χ0n) is 39.8. The molecule has 2 aromatic carbocycles. The third-order valence-electron chi connectivity index (χ3n) is 13.1. The summed E-state index contributed by atoms with van der Waals surface area (Å²) in [6.07, 6.45) is -10.5. The summed E-state index contributed by atoms with van der Waals surface area (Å²) in [4.78, 5) is 34.4. The standard InChI is InChI=1S/C46H44ClF10N9O7S2/c1-43(2,74(3,69)70)10-9-26-5-6-27(28-7-8-32(47)34-36(28)64(22-44(50,51)52)62-41(34)66(75(4,71)72)42(68)59-11-12-63-13-15-73-16-14-63)35(60-26)30(19-23-17-24(48)20-25(49)18-23)37(40(58)67)65-39-33(38(61-65)46(55,56)57)29-21-31(29)45(39,53)54/h5-8,17-18,20,29-31,37H,11-16,19,21-22H2,1-4H3,(H2,58,67)(H,59,68)/t29-,30+,31+,37?/m0/s1. The Morgan fingerprint density at radius 3 is 2.20 bits per heavy atom. The number of nitrogens with one attached hydrogen (secondary N) is 1. The summed E-state index contributed by atoms with van der Waals surface area (Å²) in [6.45, 7) is 2.09. The van der Waals surface area contributed by atoms with Gasteiger partial charge in [0.2, 0.25) is 15.9 Å². The second-order valence-corrected chi connectivity index (χ2v) is 23.7. The van der Waals surface area contributed by atoms with Gasteiger partial charge in [-0.1, -0.05) is 23.6 Å². The van der Waals surface area contributed by atoms with Gasteiger partial charge in [0.15, 0.2) is 21.3 Å². The molecule has 75 heavy (non-hydrogen) atoms. The average molecular weight is 1120 g/mol. The molecule has 0 bridgehead atoms. The number of nitrogens with two attached hydrogens (primary N) is 1. The van der Waals surface area contributed by atoms with Crippen LogP contribution >= 0.6 is 11.6 Å². The number of morpholine rings is 1. The van der Waals surface area contributed by atoms with E-state index in [-0.39, 0.29) is 33.2 Å². The van der Waals surface area contributed by atoms with Gasteiger partial charge in [0.05, 0.1) is 41.1 Å². The second-order valence-electron chi connectivity index (χ2n) is 18.9. The molecule has 3 N–H and O–H groups in total. The molecule has 3 aromatic heterocycles. The fraction of sp³-hybridized carbons (Fsp3) is 0.457. The van der Waals surface area contributed by atoms with Crippen LogP contribution in [0.2, 0.25) is 5.02 Å². The fourth-order valence-electron chi connectivity index (χ4n) is 9.35. The first-order valence-corrected chi connectivity index (χ1v) is 26.7. The molecule has 1 saturated heterocycles. The molecule has 0 spiro atoms. The highest BCUT2D eigenvalue weighted by molar-refractivity contribution is 7.93. The predicted molar refractivity (Wildman–Crippen MR) is 251 cm³/mol. The van der Waals surface area contributed by atoms with E-state index in [1.807, 2.05) is 4.90 Å². The number of alkyl halides is 8. The molecule has 5 aromatic rings. The van der Waals surface area contributed by atoms with Crippen molar-refractivity contribution in [1.29, 1.82) is 0 Å². The summed E-state index contributed by atoms with van der Waals surface area (Å²) in [5.74, 6) is -9.23. The number of hydrogen-bond donors (Lipinski definition) is 2. The van der Waals surface area contributed by atoms with E-state index in [0.717, 1.165) is 42.7 Å². The number of fused-ring (bicyclic) bond motifs is 4. The van der Waals surface area contributed by atoms with Crippen molar-refractivity contribution in [3.63, 3.8) is 0 Å². The number of halogens is 11. The van der Waals surface area contributed by atoms with E-state index < -0.39 is 170 Å². The van der Waals surface area contributed by atoms with E-state index in [9.17, 15) is 52.8 Å². The first-order valence-electron chi connectivity index (χ1n) is 22.6. The largest absolute Gasteiger partial charge is 0.435 e. The minimum absolute atomic E-state index is 0.0737. The van der Waals surface area contributed by atoms with Crippen molar-refractivity contribution in [1.82, 2.24) is 34.8 Å². The number of sulfone groups is 1. The maximum absolute atomic E-state index is 16.4. The number of anilines is 1. The Morgan fingerprint density at radius 2 is 1.61 bits per heavy atom. The molecule has 2 aliphatic carbocycles. The minimum atomic E-state index is -5.40. The Labute approximate surface area is 426 Å². The first kappa shape index (κ1) is 55.2. The molecule has 1 aliphatic heterocycles. The van der Waals surface area contributed by atoms with E-state index in [0.29, 0.717) is 38.6 Å². The monoisotopic (exact) mass is 1120 g/mol. The normalized spacial score (nSPS) is 18.7. The lowest BCUT2D eigenvalue weighted by molar-refractivity contribution is -0.143. The minimum Gasteiger partial charge on any atom is -0.379 e. The third kappa shape index (κ3) is 11.0. The number of urea groups is 1. The number of nitrogens with zero attached hydrogens (tertiary/aromatic N) is 7. The van der Waals surface area contributed by atoms with Gasteiger partial charge < -0.3 is 15.8 Å². The van der Waals surface area contributed by atoms with Gasteiger partial charge in [0.25, 0.3) is 5.92 Å². The van der Waals surface area contributed by atoms with Gasteiger partial charge in [-0.05, 0) is 74.4 Å². The zero-order valence-corrected chi connectivity index (χ0v) is 42.1. The van der Waals surface area contributed by atoms with Crippen molar-refractivity contribution >= 4 is 60.1 Å². The molecule has 16 nitrogen and oxygen atoms in total. The number of aromatic nitrogens is 5. The van der Waals surface area contributed by atoms with Gasteiger partial charge in [-0.3, -0.25) is 14.4 Å². The lowest BCUT2D eigenvalue weighted by Gasteiger charge is -2.29. The summed E-state index contributed by atoms with van der Waals surface area (Å²) in [5, 5.41) is 8.82. The molecule has 29 heteroatoms. The van der Waals surface area contributed by atoms with Gasteiger partial charge in [-0.15, -0.1) is 0 Å². The topological polar surface area (TPSA) is 205 Å². The van der Waals surface area contributed by atoms with Crippen LogP contribution < -0.4 is 15.4 Å². The number of hydrogen-bond acceptors (Lipinski definition) is 11. The van der Waals surface area contributed by atoms with E-state index in [1.54, 1.807) is 0 Å². The van der Waals surface area contributed by atoms with Crippen LogP contribution in [-0.2, 0) is 54.5 Å². The quantitative estimate of drug-likeness (QED) is 0.0852. The number of carbonyl (C=O) groups is 2. The van der Waals surface area contributed by atoms with Crippen LogP contribution in [0.1, 0.15) is 72.0 Å². The van der Waals surface area contributed by atoms with Crippen LogP contribution in [-0.4, -0.2) is 121 Å². The molecule has 4 atom stereocenters. The summed E-state index contributed by atoms with van der Waals surface area (Å²) >= 11 is 6.71. The molecule has 3 aliphatic rings. The average Bonchev–Trinajstić information content (AvgIpc) is 3.78. The summed E-state index contributed by atoms with van der Waals surface area (Å²) in [5.41, 5.74) is -1.14. The number of amides is 3. The lowest BCUT2D eigenvalue weighted by Crippen LogP contribution is -2.47. The van der Waals surface area contributed by atoms with Crippen LogP contribution in [0.25, 0.3) is 22.0 Å². The number of rotatable bonds is 14. The molecule has 1 saturated carbocycles. The Hall–Kier alpha value is -6.02. The maximum Gasteiger partial charge on any atom is 0.435 e. The zero-order chi connectivity index (χ0) is 55.1. The Kier molecular flexibility index (Phi) is 14.4. The van der Waals surface area contributed by atoms with Gasteiger partial charge in [0, 0.05) is 67.0 Å². The Morgan fingerprint density at radius 1 is 0.973 bits per heavy atom. The fourth-order valence-corrected chi connectivity index (χ4v) is 10.6. The van der Waals surface area contributed by atoms with Crippen molar-refractivity contribution in [2.45, 2.75) is 74.1 Å². The molecular weight excluding hydrogens is 1080 g/mol. The molecule has 8 rings (SSSR count). The SMILES string of the molecule is CC(C)(C#Cc1ccc(-c2ccc(Cl)c3c(N(C(=O)NCCN4CCOCC4)S(C)(=O)=O)nn(CC(F)(F)F)c23)c([C@@H](Cc2cc(F)cc(F)c2)C(C(N)=O)n2nc(C(F)(F)F)c3c2C(F)(F)[C@@H]2C[C@H]32)n1)S(C)(=O)=O. The van der Waals surface area contributed by atoms with Crippen LogP contribution in [0.15, 0.2) is 42.5 Å². The van der Waals surface area contributed by atoms with Crippen molar-refractivity contribution in [3.8, 4) is 23.0 Å². The Balaban J connectivity index is 1.43. The molecule has 3 amide bonds. The van der Waals surface area contributed by atoms with Gasteiger partial charge in [-0.25, -0.2) is 40.1 Å². The summed E-state index contributed by atoms with van der Waals surface area (Å²) in [7, 11) is -8.80. The van der Waals surface area contributed by atoms with Crippen LogP contribution in [0.3, 0.4) is 0 Å². The number of benzene rings is 2. The highest BCUT2D eigenvalue weighted by atomic mass is 35.5. The van der Waals surface area contributed by atoms with Crippen molar-refractivity contribution in [3.05, 3.63) is 93.0 Å². The smallest absolute Gasteiger partial charge is 0.379 e. The molecule has 2 fully saturated rings. The van der Waals surface area contributed by atoms with E-state index in [4.69, 9.17) is 22.1 Å². The number of sulfonamides is 1. The van der Waals surface area contributed by atoms with E-state index >= 15 is 17.6 Å². The third-order valence-corrected chi connectivity index (χ3v) is 16.4. The van der Waals surface area contributed by atoms with Gasteiger partial charge in [0.1, 0.15) is 40.4 Å². The molecule has 4 heterocycles. The van der Waals surface area contributed by atoms with Crippen molar-refractivity contribution < 1.29 is 75.1 Å². The predicted octanol–water partition coefficient (Wildman–Crippen LogP) is 7.05. The van der Waals surface area contributed by atoms with Crippen molar-refractivity contribution in [2.24, 2.45) is 11.7 Å². The Bertz CT molecular complexity index is 3400. The molecule has 404 valence electrons. The van der Waals surface area contributed by atoms with Gasteiger partial charge in [-0.2, -0.15) is 49.6 Å². The highest BCUT2D eigenvalue weighted by Gasteiger charge is 2.69. The van der Waals surface area contributed by atoms with Crippen molar-refractivity contribution in [2.75, 3.05) is 56.2 Å². The van der Waals surface area contributed by atoms with E-state index in [2.05, 4.69) is 32.3 Å². The van der Waals surface area contributed by atoms with Crippen LogP contribution in [0.5, 0.6) is 0 Å². The number of primary amides is 1. The van der Waals surface area contributed by atoms with Gasteiger partial charge >= 0.3 is 18.4 Å². The number of ether oxygens (including phenoxy) is 1. The number of carbonyl (C=O) groups excluding carboxylic acids is 2. The summed E-state index contributed by atoms with van der Waals surface area (Å²) in [6, 6.07) is 2.25. The highest BCUT2D eigenvalue weighted by Crippen LogP contribution is 2.69. The maximum atomic E-state index is 16.4. The second kappa shape index (κ2) is 19.5. The molecular formula is C46H44ClF10N9O7S2. The lowest BCUT2D eigenvalue weighted by atomic mass is 9.84. The first-order chi connectivity index (χ1) is 34.7.